The normalized spacial score (nSPS) is 46.3. The Bertz CT molecular complexity index is 749. The Morgan fingerprint density at radius 1 is 1.09 bits per heavy atom. The van der Waals surface area contributed by atoms with Crippen LogP contribution >= 0.6 is 0 Å². The molecule has 0 spiro atoms. The first-order chi connectivity index (χ1) is 15.0. The molecule has 7 N–H and O–H groups in total. The number of alkyl carbamates (subject to hydrolysis) is 1. The van der Waals surface area contributed by atoms with Crippen LogP contribution in [0.25, 0.3) is 0 Å². The Labute approximate surface area is 190 Å². The summed E-state index contributed by atoms with van der Waals surface area (Å²) in [5, 5.41) is 22.0. The highest BCUT2D eigenvalue weighted by molar-refractivity contribution is 5.72. The summed E-state index contributed by atoms with van der Waals surface area (Å²) in [5.74, 6) is 0.328. The van der Waals surface area contributed by atoms with Crippen molar-refractivity contribution in [3.05, 3.63) is 0 Å². The molecule has 0 aromatic rings. The van der Waals surface area contributed by atoms with Crippen molar-refractivity contribution in [1.29, 1.82) is 0 Å². The van der Waals surface area contributed by atoms with Crippen molar-refractivity contribution in [2.75, 3.05) is 13.1 Å². The summed E-state index contributed by atoms with van der Waals surface area (Å²) in [6, 6.07) is 0. The number of aliphatic hydroxyl groups is 1. The maximum Gasteiger partial charge on any atom is 0.407 e. The van der Waals surface area contributed by atoms with Crippen LogP contribution in [-0.2, 0) is 9.53 Å². The summed E-state index contributed by atoms with van der Waals surface area (Å²) in [7, 11) is 0. The van der Waals surface area contributed by atoms with Crippen LogP contribution in [-0.4, -0.2) is 53.1 Å². The number of hydrogen-bond donors (Lipinski definition) is 5. The van der Waals surface area contributed by atoms with Gasteiger partial charge in [0.15, 0.2) is 0 Å². The SMILES string of the molecule is C[C@]12CCC(OC(=O)NCC(O)CN)CC1CC[C@@H]1[C@H]2CC[C@]2(C)C(C(=O)O)CC[C@@]12N. The van der Waals surface area contributed by atoms with Crippen LogP contribution in [0, 0.1) is 34.5 Å². The first-order valence-corrected chi connectivity index (χ1v) is 12.4. The van der Waals surface area contributed by atoms with E-state index in [0.717, 1.165) is 51.4 Å². The van der Waals surface area contributed by atoms with Crippen molar-refractivity contribution in [1.82, 2.24) is 5.32 Å². The standard InChI is InChI=1S/C24H41N3O5/c1-22-8-5-16(32-21(31)27-13-15(28)12-25)11-14(22)3-4-18-17(22)6-9-23(2)19(20(29)30)7-10-24(18,23)26/h14-19,28H,3-13,25-26H2,1-2H3,(H,27,31)(H,29,30)/t14?,15?,16?,17-,18-,19?,22+,23-,24-/m1/s1. The Morgan fingerprint density at radius 3 is 2.53 bits per heavy atom. The molecular weight excluding hydrogens is 410 g/mol. The molecular formula is C24H41N3O5. The molecule has 0 aromatic carbocycles. The number of hydrogen-bond acceptors (Lipinski definition) is 6. The lowest BCUT2D eigenvalue weighted by Gasteiger charge is -2.64. The van der Waals surface area contributed by atoms with Gasteiger partial charge in [-0.05, 0) is 86.4 Å². The van der Waals surface area contributed by atoms with Crippen LogP contribution in [0.15, 0.2) is 0 Å². The van der Waals surface area contributed by atoms with Gasteiger partial charge in [-0.1, -0.05) is 13.8 Å². The fraction of sp³-hybridized carbons (Fsp3) is 0.917. The van der Waals surface area contributed by atoms with E-state index in [9.17, 15) is 19.8 Å². The number of carboxylic acids is 1. The van der Waals surface area contributed by atoms with Gasteiger partial charge in [-0.25, -0.2) is 4.79 Å². The maximum atomic E-state index is 12.1. The number of fused-ring (bicyclic) bond motifs is 5. The lowest BCUT2D eigenvalue weighted by Crippen LogP contribution is -2.66. The van der Waals surface area contributed by atoms with Crippen molar-refractivity contribution >= 4 is 12.1 Å². The van der Waals surface area contributed by atoms with Crippen LogP contribution in [0.1, 0.15) is 71.6 Å². The van der Waals surface area contributed by atoms with Crippen LogP contribution < -0.4 is 16.8 Å². The number of amides is 1. The molecule has 0 bridgehead atoms. The lowest BCUT2D eigenvalue weighted by molar-refractivity contribution is -0.157. The van der Waals surface area contributed by atoms with Gasteiger partial charge < -0.3 is 31.7 Å². The number of ether oxygens (including phenoxy) is 1. The molecule has 4 unspecified atom stereocenters. The van der Waals surface area contributed by atoms with Crippen LogP contribution in [0.3, 0.4) is 0 Å². The second-order valence-electron chi connectivity index (χ2n) is 11.5. The van der Waals surface area contributed by atoms with E-state index in [1.807, 2.05) is 0 Å². The molecule has 4 fully saturated rings. The summed E-state index contributed by atoms with van der Waals surface area (Å²) in [6.45, 7) is 4.73. The van der Waals surface area contributed by atoms with Gasteiger partial charge in [-0.2, -0.15) is 0 Å². The third-order valence-electron chi connectivity index (χ3n) is 10.3. The highest BCUT2D eigenvalue weighted by atomic mass is 16.6. The predicted molar refractivity (Wildman–Crippen MR) is 120 cm³/mol. The molecule has 8 heteroatoms. The molecule has 0 saturated heterocycles. The molecule has 0 heterocycles. The van der Waals surface area contributed by atoms with Crippen molar-refractivity contribution in [2.45, 2.75) is 89.4 Å². The number of rotatable bonds is 5. The first-order valence-electron chi connectivity index (χ1n) is 12.4. The fourth-order valence-electron chi connectivity index (χ4n) is 8.27. The lowest BCUT2D eigenvalue weighted by atomic mass is 9.42. The molecule has 9 atom stereocenters. The quantitative estimate of drug-likeness (QED) is 0.430. The molecule has 0 radical (unpaired) electrons. The van der Waals surface area contributed by atoms with E-state index in [-0.39, 0.29) is 35.9 Å². The Kier molecular flexibility index (Phi) is 6.27. The highest BCUT2D eigenvalue weighted by Gasteiger charge is 2.67. The van der Waals surface area contributed by atoms with E-state index in [1.165, 1.54) is 0 Å². The van der Waals surface area contributed by atoms with Crippen molar-refractivity contribution < 1.29 is 24.5 Å². The van der Waals surface area contributed by atoms with Gasteiger partial charge in [-0.3, -0.25) is 4.79 Å². The second-order valence-corrected chi connectivity index (χ2v) is 11.5. The van der Waals surface area contributed by atoms with Gasteiger partial charge >= 0.3 is 12.1 Å². The zero-order valence-electron chi connectivity index (χ0n) is 19.5. The molecule has 0 aromatic heterocycles. The highest BCUT2D eigenvalue weighted by Crippen LogP contribution is 2.68. The predicted octanol–water partition coefficient (Wildman–Crippen LogP) is 2.23. The number of aliphatic carboxylic acids is 1. The van der Waals surface area contributed by atoms with E-state index in [0.29, 0.717) is 24.2 Å². The summed E-state index contributed by atoms with van der Waals surface area (Å²) in [6.07, 6.45) is 6.84. The molecule has 1 amide bonds. The van der Waals surface area contributed by atoms with Crippen LogP contribution in [0.2, 0.25) is 0 Å². The second kappa shape index (κ2) is 8.44. The van der Waals surface area contributed by atoms with Gasteiger partial charge in [0.05, 0.1) is 12.0 Å². The summed E-state index contributed by atoms with van der Waals surface area (Å²) < 4.78 is 5.67. The third-order valence-corrected chi connectivity index (χ3v) is 10.3. The average Bonchev–Trinajstić information content (AvgIpc) is 3.03. The van der Waals surface area contributed by atoms with Crippen molar-refractivity contribution in [2.24, 2.45) is 46.0 Å². The Morgan fingerprint density at radius 2 is 1.84 bits per heavy atom. The molecule has 4 saturated carbocycles. The van der Waals surface area contributed by atoms with E-state index < -0.39 is 23.7 Å². The van der Waals surface area contributed by atoms with E-state index >= 15 is 0 Å². The first kappa shape index (κ1) is 23.8. The largest absolute Gasteiger partial charge is 0.481 e. The number of carbonyl (C=O) groups is 2. The van der Waals surface area contributed by atoms with E-state index in [4.69, 9.17) is 16.2 Å². The summed E-state index contributed by atoms with van der Waals surface area (Å²) >= 11 is 0. The molecule has 4 aliphatic carbocycles. The van der Waals surface area contributed by atoms with E-state index in [1.54, 1.807) is 0 Å². The van der Waals surface area contributed by atoms with Gasteiger partial charge in [0.1, 0.15) is 6.10 Å². The number of carbonyl (C=O) groups excluding carboxylic acids is 1. The molecule has 32 heavy (non-hydrogen) atoms. The van der Waals surface area contributed by atoms with Crippen LogP contribution in [0.4, 0.5) is 4.79 Å². The van der Waals surface area contributed by atoms with Gasteiger partial charge in [0.25, 0.3) is 0 Å². The Balaban J connectivity index is 1.43. The molecule has 182 valence electrons. The van der Waals surface area contributed by atoms with Gasteiger partial charge in [-0.15, -0.1) is 0 Å². The monoisotopic (exact) mass is 451 g/mol. The fourth-order valence-corrected chi connectivity index (χ4v) is 8.27. The maximum absolute atomic E-state index is 12.1. The molecule has 8 nitrogen and oxygen atoms in total. The van der Waals surface area contributed by atoms with Gasteiger partial charge in [0.2, 0.25) is 0 Å². The number of nitrogens with one attached hydrogen (secondary N) is 1. The molecule has 4 aliphatic rings. The van der Waals surface area contributed by atoms with Crippen molar-refractivity contribution in [3.8, 4) is 0 Å². The van der Waals surface area contributed by atoms with E-state index in [2.05, 4.69) is 19.2 Å². The number of aliphatic hydroxyl groups excluding tert-OH is 1. The molecule has 4 rings (SSSR count). The smallest absolute Gasteiger partial charge is 0.407 e. The summed E-state index contributed by atoms with van der Waals surface area (Å²) in [5.41, 5.74) is 12.0. The average molecular weight is 452 g/mol. The summed E-state index contributed by atoms with van der Waals surface area (Å²) in [4.78, 5) is 24.1. The van der Waals surface area contributed by atoms with Crippen LogP contribution in [0.5, 0.6) is 0 Å². The minimum Gasteiger partial charge on any atom is -0.481 e. The van der Waals surface area contributed by atoms with Crippen molar-refractivity contribution in [3.63, 3.8) is 0 Å². The zero-order chi connectivity index (χ0) is 23.3. The third kappa shape index (κ3) is 3.62. The number of nitrogens with two attached hydrogens (primary N) is 2. The topological polar surface area (TPSA) is 148 Å². The minimum atomic E-state index is -0.760. The molecule has 0 aliphatic heterocycles. The Hall–Kier alpha value is -1.38. The zero-order valence-corrected chi connectivity index (χ0v) is 19.5. The minimum absolute atomic E-state index is 0.0988. The van der Waals surface area contributed by atoms with Gasteiger partial charge in [0, 0.05) is 18.6 Å². The number of carboxylic acid groups (broad SMARTS) is 1.